The van der Waals surface area contributed by atoms with Crippen molar-refractivity contribution in [3.63, 3.8) is 0 Å². The first-order valence-corrected chi connectivity index (χ1v) is 8.79. The van der Waals surface area contributed by atoms with Gasteiger partial charge in [0.05, 0.1) is 30.1 Å². The number of aromatic nitrogens is 5. The summed E-state index contributed by atoms with van der Waals surface area (Å²) in [6, 6.07) is 5.53. The number of methoxy groups -OCH3 is 1. The van der Waals surface area contributed by atoms with Crippen LogP contribution < -0.4 is 9.47 Å². The molecule has 3 rings (SSSR count). The first-order chi connectivity index (χ1) is 12.9. The minimum atomic E-state index is -0.0173. The van der Waals surface area contributed by atoms with Gasteiger partial charge in [0.2, 0.25) is 0 Å². The molecule has 0 saturated heterocycles. The van der Waals surface area contributed by atoms with Crippen molar-refractivity contribution in [2.75, 3.05) is 7.11 Å². The Morgan fingerprint density at radius 3 is 2.63 bits per heavy atom. The largest absolute Gasteiger partial charge is 0.493 e. The SMILES string of the molecule is COc1cc(/C=N\n2cnnc2-n2nc(C)cc2C)cc(Cl)c1OC(C)C. The van der Waals surface area contributed by atoms with E-state index in [9.17, 15) is 0 Å². The zero-order valence-electron chi connectivity index (χ0n) is 15.8. The van der Waals surface area contributed by atoms with Gasteiger partial charge in [-0.05, 0) is 51.5 Å². The molecule has 3 aromatic rings. The highest BCUT2D eigenvalue weighted by molar-refractivity contribution is 6.32. The number of benzene rings is 1. The molecule has 2 heterocycles. The van der Waals surface area contributed by atoms with Gasteiger partial charge in [0, 0.05) is 5.69 Å². The van der Waals surface area contributed by atoms with Crippen LogP contribution in [0.15, 0.2) is 29.6 Å². The first kappa shape index (κ1) is 18.9. The third-order valence-electron chi connectivity index (χ3n) is 3.65. The van der Waals surface area contributed by atoms with E-state index in [-0.39, 0.29) is 6.10 Å². The molecule has 0 spiro atoms. The molecule has 0 aliphatic rings. The summed E-state index contributed by atoms with van der Waals surface area (Å²) in [6.45, 7) is 7.72. The van der Waals surface area contributed by atoms with Gasteiger partial charge >= 0.3 is 0 Å². The van der Waals surface area contributed by atoms with Crippen LogP contribution in [0.2, 0.25) is 5.02 Å². The number of rotatable bonds is 6. The van der Waals surface area contributed by atoms with E-state index in [0.717, 1.165) is 17.0 Å². The maximum atomic E-state index is 6.36. The average molecular weight is 389 g/mol. The molecule has 0 N–H and O–H groups in total. The number of hydrogen-bond acceptors (Lipinski definition) is 6. The Morgan fingerprint density at radius 1 is 1.22 bits per heavy atom. The maximum Gasteiger partial charge on any atom is 0.273 e. The molecular formula is C18H21ClN6O2. The monoisotopic (exact) mass is 388 g/mol. The molecule has 0 fully saturated rings. The van der Waals surface area contributed by atoms with Gasteiger partial charge < -0.3 is 9.47 Å². The van der Waals surface area contributed by atoms with Gasteiger partial charge in [0.15, 0.2) is 11.5 Å². The summed E-state index contributed by atoms with van der Waals surface area (Å²) >= 11 is 6.36. The van der Waals surface area contributed by atoms with Crippen molar-refractivity contribution in [2.24, 2.45) is 5.10 Å². The zero-order valence-corrected chi connectivity index (χ0v) is 16.6. The lowest BCUT2D eigenvalue weighted by molar-refractivity contribution is 0.230. The summed E-state index contributed by atoms with van der Waals surface area (Å²) in [5, 5.41) is 17.3. The molecule has 0 saturated carbocycles. The highest BCUT2D eigenvalue weighted by atomic mass is 35.5. The Morgan fingerprint density at radius 2 is 2.00 bits per heavy atom. The van der Waals surface area contributed by atoms with Crippen LogP contribution in [0.5, 0.6) is 11.5 Å². The van der Waals surface area contributed by atoms with Gasteiger partial charge in [-0.3, -0.25) is 0 Å². The van der Waals surface area contributed by atoms with Crippen molar-refractivity contribution < 1.29 is 9.47 Å². The Kier molecular flexibility index (Phi) is 5.46. The van der Waals surface area contributed by atoms with Gasteiger partial charge in [-0.1, -0.05) is 11.6 Å². The quantitative estimate of drug-likeness (QED) is 0.604. The van der Waals surface area contributed by atoms with Crippen molar-refractivity contribution >= 4 is 17.8 Å². The normalized spacial score (nSPS) is 11.5. The molecule has 0 bridgehead atoms. The van der Waals surface area contributed by atoms with Gasteiger partial charge in [0.25, 0.3) is 5.95 Å². The van der Waals surface area contributed by atoms with Gasteiger partial charge in [0.1, 0.15) is 6.33 Å². The lowest BCUT2D eigenvalue weighted by Crippen LogP contribution is -2.08. The van der Waals surface area contributed by atoms with E-state index in [2.05, 4.69) is 20.4 Å². The van der Waals surface area contributed by atoms with Crippen LogP contribution >= 0.6 is 11.6 Å². The van der Waals surface area contributed by atoms with Gasteiger partial charge in [-0.15, -0.1) is 10.2 Å². The lowest BCUT2D eigenvalue weighted by atomic mass is 10.2. The van der Waals surface area contributed by atoms with E-state index in [1.165, 1.54) is 6.33 Å². The highest BCUT2D eigenvalue weighted by Gasteiger charge is 2.14. The number of ether oxygens (including phenoxy) is 2. The fraction of sp³-hybridized carbons (Fsp3) is 0.333. The molecule has 0 unspecified atom stereocenters. The van der Waals surface area contributed by atoms with E-state index in [1.807, 2.05) is 33.8 Å². The first-order valence-electron chi connectivity index (χ1n) is 8.41. The van der Waals surface area contributed by atoms with Crippen molar-refractivity contribution in [2.45, 2.75) is 33.8 Å². The molecule has 0 aliphatic carbocycles. The second kappa shape index (κ2) is 7.79. The van der Waals surface area contributed by atoms with E-state index >= 15 is 0 Å². The van der Waals surface area contributed by atoms with Crippen LogP contribution in [0.4, 0.5) is 0 Å². The average Bonchev–Trinajstić information content (AvgIpc) is 3.20. The third kappa shape index (κ3) is 4.11. The molecule has 1 aromatic carbocycles. The van der Waals surface area contributed by atoms with Crippen LogP contribution in [0.1, 0.15) is 30.8 Å². The number of aryl methyl sites for hydroxylation is 2. The number of hydrogen-bond donors (Lipinski definition) is 0. The summed E-state index contributed by atoms with van der Waals surface area (Å²) in [6.07, 6.45) is 3.14. The van der Waals surface area contributed by atoms with Crippen molar-refractivity contribution in [3.05, 3.63) is 46.5 Å². The molecule has 8 nitrogen and oxygen atoms in total. The van der Waals surface area contributed by atoms with Crippen LogP contribution in [0.25, 0.3) is 5.95 Å². The Balaban J connectivity index is 1.93. The third-order valence-corrected chi connectivity index (χ3v) is 3.93. The number of nitrogens with zero attached hydrogens (tertiary/aromatic N) is 6. The Labute approximate surface area is 162 Å². The smallest absolute Gasteiger partial charge is 0.273 e. The van der Waals surface area contributed by atoms with E-state index in [1.54, 1.807) is 34.8 Å². The predicted octanol–water partition coefficient (Wildman–Crippen LogP) is 3.41. The van der Waals surface area contributed by atoms with E-state index in [0.29, 0.717) is 22.5 Å². The van der Waals surface area contributed by atoms with Gasteiger partial charge in [-0.2, -0.15) is 14.9 Å². The van der Waals surface area contributed by atoms with Crippen LogP contribution in [0, 0.1) is 13.8 Å². The van der Waals surface area contributed by atoms with E-state index in [4.69, 9.17) is 21.1 Å². The molecule has 0 atom stereocenters. The number of halogens is 1. The summed E-state index contributed by atoms with van der Waals surface area (Å²) in [7, 11) is 1.57. The van der Waals surface area contributed by atoms with Crippen LogP contribution in [-0.4, -0.2) is 44.1 Å². The Bertz CT molecular complexity index is 976. The fourth-order valence-corrected chi connectivity index (χ4v) is 2.83. The molecule has 0 amide bonds. The van der Waals surface area contributed by atoms with Crippen molar-refractivity contribution in [1.82, 2.24) is 24.7 Å². The summed E-state index contributed by atoms with van der Waals surface area (Å²) < 4.78 is 14.4. The van der Waals surface area contributed by atoms with E-state index < -0.39 is 0 Å². The van der Waals surface area contributed by atoms with Crippen LogP contribution in [-0.2, 0) is 0 Å². The lowest BCUT2D eigenvalue weighted by Gasteiger charge is -2.15. The zero-order chi connectivity index (χ0) is 19.6. The molecule has 0 radical (unpaired) electrons. The van der Waals surface area contributed by atoms with Crippen LogP contribution in [0.3, 0.4) is 0 Å². The van der Waals surface area contributed by atoms with Crippen molar-refractivity contribution in [3.8, 4) is 17.4 Å². The molecule has 27 heavy (non-hydrogen) atoms. The fourth-order valence-electron chi connectivity index (χ4n) is 2.57. The van der Waals surface area contributed by atoms with Gasteiger partial charge in [-0.25, -0.2) is 4.68 Å². The minimum Gasteiger partial charge on any atom is -0.493 e. The second-order valence-corrected chi connectivity index (χ2v) is 6.67. The minimum absolute atomic E-state index is 0.0173. The summed E-state index contributed by atoms with van der Waals surface area (Å²) in [5.41, 5.74) is 2.58. The molecule has 142 valence electrons. The standard InChI is InChI=1S/C18H21ClN6O2/c1-11(2)27-17-15(19)7-14(8-16(17)26-5)9-21-24-10-20-22-18(24)25-13(4)6-12(3)23-25/h6-11H,1-5H3/b21-9-. The van der Waals surface area contributed by atoms with Crippen molar-refractivity contribution in [1.29, 1.82) is 0 Å². The second-order valence-electron chi connectivity index (χ2n) is 6.26. The summed E-state index contributed by atoms with van der Waals surface area (Å²) in [4.78, 5) is 0. The predicted molar refractivity (Wildman–Crippen MR) is 103 cm³/mol. The molecule has 2 aromatic heterocycles. The Hall–Kier alpha value is -2.87. The topological polar surface area (TPSA) is 79.4 Å². The highest BCUT2D eigenvalue weighted by Crippen LogP contribution is 2.36. The molecule has 0 aliphatic heterocycles. The summed E-state index contributed by atoms with van der Waals surface area (Å²) in [5.74, 6) is 1.55. The molecule has 9 heteroatoms. The maximum absolute atomic E-state index is 6.36. The molecular weight excluding hydrogens is 368 g/mol.